The van der Waals surface area contributed by atoms with Crippen molar-refractivity contribution in [2.75, 3.05) is 16.9 Å². The van der Waals surface area contributed by atoms with E-state index in [0.29, 0.717) is 23.2 Å². The first kappa shape index (κ1) is 15.7. The van der Waals surface area contributed by atoms with Crippen LogP contribution in [-0.2, 0) is 9.53 Å². The number of carbonyl (C=O) groups excluding carboxylic acids is 2. The Balaban J connectivity index is 2.00. The Morgan fingerprint density at radius 2 is 2.24 bits per heavy atom. The maximum Gasteiger partial charge on any atom is 0.411 e. The van der Waals surface area contributed by atoms with Crippen LogP contribution in [0, 0.1) is 6.92 Å². The number of aryl methyl sites for hydroxylation is 1. The van der Waals surface area contributed by atoms with Crippen LogP contribution >= 0.6 is 11.8 Å². The Labute approximate surface area is 127 Å². The van der Waals surface area contributed by atoms with Crippen molar-refractivity contribution in [3.8, 4) is 0 Å². The first-order valence-electron chi connectivity index (χ1n) is 6.58. The molecule has 2 rings (SSSR count). The maximum absolute atomic E-state index is 12.2. The van der Waals surface area contributed by atoms with E-state index >= 15 is 0 Å². The molecule has 1 aromatic rings. The van der Waals surface area contributed by atoms with Gasteiger partial charge < -0.3 is 14.6 Å². The van der Waals surface area contributed by atoms with Gasteiger partial charge in [-0.1, -0.05) is 5.16 Å². The summed E-state index contributed by atoms with van der Waals surface area (Å²) in [6.45, 7) is 7.12. The summed E-state index contributed by atoms with van der Waals surface area (Å²) in [6, 6.07) is 1.06. The van der Waals surface area contributed by atoms with Gasteiger partial charge in [0.1, 0.15) is 17.4 Å². The summed E-state index contributed by atoms with van der Waals surface area (Å²) >= 11 is 1.51. The molecule has 21 heavy (non-hydrogen) atoms. The van der Waals surface area contributed by atoms with E-state index in [2.05, 4.69) is 10.5 Å². The molecule has 1 saturated heterocycles. The summed E-state index contributed by atoms with van der Waals surface area (Å²) in [6.07, 6.45) is -0.482. The van der Waals surface area contributed by atoms with E-state index in [9.17, 15) is 9.59 Å². The van der Waals surface area contributed by atoms with E-state index < -0.39 is 17.7 Å². The van der Waals surface area contributed by atoms with Crippen LogP contribution in [0.25, 0.3) is 0 Å². The Morgan fingerprint density at radius 1 is 1.52 bits per heavy atom. The summed E-state index contributed by atoms with van der Waals surface area (Å²) in [5, 5.41) is 6.35. The van der Waals surface area contributed by atoms with Crippen molar-refractivity contribution >= 4 is 29.6 Å². The lowest BCUT2D eigenvalue weighted by Crippen LogP contribution is -2.46. The number of anilines is 1. The van der Waals surface area contributed by atoms with Crippen molar-refractivity contribution in [2.24, 2.45) is 0 Å². The van der Waals surface area contributed by atoms with Crippen molar-refractivity contribution in [2.45, 2.75) is 39.3 Å². The van der Waals surface area contributed by atoms with Gasteiger partial charge in [-0.15, -0.1) is 11.8 Å². The van der Waals surface area contributed by atoms with Crippen molar-refractivity contribution < 1.29 is 18.8 Å². The topological polar surface area (TPSA) is 84.7 Å². The number of hydrogen-bond donors (Lipinski definition) is 1. The zero-order valence-electron chi connectivity index (χ0n) is 12.5. The summed E-state index contributed by atoms with van der Waals surface area (Å²) in [7, 11) is 0. The summed E-state index contributed by atoms with van der Waals surface area (Å²) in [5.41, 5.74) is -0.589. The minimum atomic E-state index is -0.589. The van der Waals surface area contributed by atoms with Gasteiger partial charge in [0.15, 0.2) is 5.82 Å². The lowest BCUT2D eigenvalue weighted by molar-refractivity contribution is -0.120. The van der Waals surface area contributed by atoms with Crippen LogP contribution in [0.5, 0.6) is 0 Å². The minimum Gasteiger partial charge on any atom is -0.444 e. The molecule has 7 nitrogen and oxygen atoms in total. The van der Waals surface area contributed by atoms with Crippen molar-refractivity contribution in [3.05, 3.63) is 11.8 Å². The molecule has 0 spiro atoms. The number of nitrogens with one attached hydrogen (secondary N) is 1. The first-order valence-corrected chi connectivity index (χ1v) is 7.73. The van der Waals surface area contributed by atoms with Gasteiger partial charge in [-0.05, 0) is 27.7 Å². The highest BCUT2D eigenvalue weighted by molar-refractivity contribution is 7.99. The SMILES string of the molecule is Cc1cc(NC(=O)[C@H]2CSCN2C(=O)OC(C)(C)C)no1. The van der Waals surface area contributed by atoms with E-state index in [1.807, 2.05) is 0 Å². The molecule has 1 aromatic heterocycles. The number of hydrogen-bond acceptors (Lipinski definition) is 6. The van der Waals surface area contributed by atoms with Crippen LogP contribution in [0.15, 0.2) is 10.6 Å². The average molecular weight is 313 g/mol. The van der Waals surface area contributed by atoms with E-state index in [1.54, 1.807) is 33.8 Å². The molecule has 0 radical (unpaired) electrons. The van der Waals surface area contributed by atoms with Crippen molar-refractivity contribution in [1.82, 2.24) is 10.1 Å². The highest BCUT2D eigenvalue weighted by Crippen LogP contribution is 2.24. The van der Waals surface area contributed by atoms with Crippen LogP contribution in [0.1, 0.15) is 26.5 Å². The number of nitrogens with zero attached hydrogens (tertiary/aromatic N) is 2. The minimum absolute atomic E-state index is 0.292. The standard InChI is InChI=1S/C13H19N3O4S/c1-8-5-10(15-20-8)14-11(17)9-6-21-7-16(9)12(18)19-13(2,3)4/h5,9H,6-7H2,1-4H3,(H,14,15,17)/t9-/m1/s1. The third kappa shape index (κ3) is 4.13. The highest BCUT2D eigenvalue weighted by atomic mass is 32.2. The van der Waals surface area contributed by atoms with Crippen LogP contribution in [0.3, 0.4) is 0 Å². The van der Waals surface area contributed by atoms with Crippen LogP contribution in [-0.4, -0.2) is 45.3 Å². The number of aromatic nitrogens is 1. The summed E-state index contributed by atoms with van der Waals surface area (Å²) < 4.78 is 10.2. The number of ether oxygens (including phenoxy) is 1. The number of rotatable bonds is 2. The second kappa shape index (κ2) is 5.97. The molecule has 1 fully saturated rings. The molecular formula is C13H19N3O4S. The highest BCUT2D eigenvalue weighted by Gasteiger charge is 2.37. The lowest BCUT2D eigenvalue weighted by Gasteiger charge is -2.27. The fraction of sp³-hybridized carbons (Fsp3) is 0.615. The zero-order chi connectivity index (χ0) is 15.6. The normalized spacial score (nSPS) is 18.7. The predicted octanol–water partition coefficient (Wildman–Crippen LogP) is 2.23. The molecule has 8 heteroatoms. The van der Waals surface area contributed by atoms with Gasteiger partial charge in [0, 0.05) is 11.8 Å². The molecule has 1 aliphatic heterocycles. The van der Waals surface area contributed by atoms with Gasteiger partial charge in [0.05, 0.1) is 5.88 Å². The van der Waals surface area contributed by atoms with E-state index in [0.717, 1.165) is 0 Å². The largest absolute Gasteiger partial charge is 0.444 e. The molecule has 0 aliphatic carbocycles. The van der Waals surface area contributed by atoms with E-state index in [1.165, 1.54) is 16.7 Å². The third-order valence-electron chi connectivity index (χ3n) is 2.69. The molecule has 1 aliphatic rings. The Morgan fingerprint density at radius 3 is 2.81 bits per heavy atom. The van der Waals surface area contributed by atoms with Gasteiger partial charge in [-0.2, -0.15) is 0 Å². The average Bonchev–Trinajstić information content (AvgIpc) is 2.95. The van der Waals surface area contributed by atoms with Crippen molar-refractivity contribution in [1.29, 1.82) is 0 Å². The molecule has 0 bridgehead atoms. The van der Waals surface area contributed by atoms with Crippen LogP contribution in [0.4, 0.5) is 10.6 Å². The van der Waals surface area contributed by atoms with Crippen LogP contribution in [0.2, 0.25) is 0 Å². The van der Waals surface area contributed by atoms with Gasteiger partial charge in [-0.25, -0.2) is 4.79 Å². The van der Waals surface area contributed by atoms with E-state index in [-0.39, 0.29) is 5.91 Å². The lowest BCUT2D eigenvalue weighted by atomic mass is 10.2. The molecular weight excluding hydrogens is 294 g/mol. The fourth-order valence-electron chi connectivity index (χ4n) is 1.80. The molecule has 0 aromatic carbocycles. The van der Waals surface area contributed by atoms with Gasteiger partial charge in [-0.3, -0.25) is 9.69 Å². The molecule has 2 heterocycles. The van der Waals surface area contributed by atoms with Gasteiger partial charge in [0.2, 0.25) is 5.91 Å². The zero-order valence-corrected chi connectivity index (χ0v) is 13.3. The van der Waals surface area contributed by atoms with Crippen LogP contribution < -0.4 is 5.32 Å². The second-order valence-corrected chi connectivity index (χ2v) is 6.78. The van der Waals surface area contributed by atoms with Gasteiger partial charge >= 0.3 is 6.09 Å². The molecule has 1 atom stereocenters. The number of thioether (sulfide) groups is 1. The Bertz CT molecular complexity index is 538. The number of amides is 2. The Hall–Kier alpha value is -1.70. The first-order chi connectivity index (χ1) is 9.76. The van der Waals surface area contributed by atoms with Gasteiger partial charge in [0.25, 0.3) is 0 Å². The summed E-state index contributed by atoms with van der Waals surface area (Å²) in [4.78, 5) is 25.8. The molecule has 0 saturated carbocycles. The molecule has 1 N–H and O–H groups in total. The molecule has 116 valence electrons. The number of carbonyl (C=O) groups is 2. The van der Waals surface area contributed by atoms with Crippen molar-refractivity contribution in [3.63, 3.8) is 0 Å². The molecule has 2 amide bonds. The Kier molecular flexibility index (Phi) is 4.46. The smallest absolute Gasteiger partial charge is 0.411 e. The fourth-order valence-corrected chi connectivity index (χ4v) is 2.94. The maximum atomic E-state index is 12.2. The molecule has 0 unspecified atom stereocenters. The summed E-state index contributed by atoms with van der Waals surface area (Å²) in [5.74, 6) is 1.63. The quantitative estimate of drug-likeness (QED) is 0.901. The predicted molar refractivity (Wildman–Crippen MR) is 79.1 cm³/mol. The van der Waals surface area contributed by atoms with E-state index in [4.69, 9.17) is 9.26 Å². The second-order valence-electron chi connectivity index (χ2n) is 5.78. The third-order valence-corrected chi connectivity index (χ3v) is 3.70. The monoisotopic (exact) mass is 313 g/mol.